The molecule has 1 amide bonds. The Morgan fingerprint density at radius 3 is 2.48 bits per heavy atom. The second-order valence-corrected chi connectivity index (χ2v) is 13.7. The number of rotatable bonds is 11. The van der Waals surface area contributed by atoms with Crippen LogP contribution in [-0.4, -0.2) is 69.6 Å². The zero-order valence-electron chi connectivity index (χ0n) is 24.7. The summed E-state index contributed by atoms with van der Waals surface area (Å²) in [5.41, 5.74) is -0.233. The fourth-order valence-corrected chi connectivity index (χ4v) is 5.91. The van der Waals surface area contributed by atoms with E-state index in [0.717, 1.165) is 19.1 Å². The van der Waals surface area contributed by atoms with E-state index in [-0.39, 0.29) is 31.6 Å². The zero-order valence-corrected chi connectivity index (χ0v) is 25.5. The van der Waals surface area contributed by atoms with Crippen molar-refractivity contribution >= 4 is 22.1 Å². The quantitative estimate of drug-likeness (QED) is 0.289. The maximum atomic E-state index is 15.2. The number of carbonyl (C=O) groups is 2. The number of hydrogen-bond acceptors (Lipinski definition) is 7. The molecular formula is C31H39FN2O7S. The minimum absolute atomic E-state index is 0.131. The average Bonchev–Trinajstić information content (AvgIpc) is 3.66. The molecule has 2 aliphatic carbocycles. The van der Waals surface area contributed by atoms with Crippen molar-refractivity contribution in [1.82, 2.24) is 9.62 Å². The molecule has 0 heterocycles. The number of ether oxygens (including phenoxy) is 3. The van der Waals surface area contributed by atoms with Crippen LogP contribution in [-0.2, 0) is 30.7 Å². The van der Waals surface area contributed by atoms with Crippen molar-refractivity contribution in [2.45, 2.75) is 64.1 Å². The Hall–Kier alpha value is -3.44. The molecule has 0 saturated heterocycles. The van der Waals surface area contributed by atoms with Crippen LogP contribution in [0.4, 0.5) is 9.18 Å². The van der Waals surface area contributed by atoms with Gasteiger partial charge in [0.15, 0.2) is 0 Å². The monoisotopic (exact) mass is 602 g/mol. The van der Waals surface area contributed by atoms with Gasteiger partial charge in [0.05, 0.1) is 25.3 Å². The molecule has 1 fully saturated rings. The van der Waals surface area contributed by atoms with Crippen molar-refractivity contribution in [2.75, 3.05) is 26.5 Å². The first kappa shape index (κ1) is 31.5. The molecule has 42 heavy (non-hydrogen) atoms. The number of esters is 1. The molecule has 2 aromatic carbocycles. The highest BCUT2D eigenvalue weighted by Crippen LogP contribution is 2.39. The number of nitrogens with zero attached hydrogens (tertiary/aromatic N) is 1. The Morgan fingerprint density at radius 1 is 1.12 bits per heavy atom. The first-order chi connectivity index (χ1) is 19.7. The number of hydrogen-bond donors (Lipinski definition) is 1. The van der Waals surface area contributed by atoms with Gasteiger partial charge in [0.2, 0.25) is 10.0 Å². The Balaban J connectivity index is 1.52. The van der Waals surface area contributed by atoms with Gasteiger partial charge in [-0.05, 0) is 70.2 Å². The standard InChI is InChI=1S/C31H39FN2O7S/c1-30(2,3)41-29(36)34(23-11-12-23)16-17-40-27-9-7-6-8-24(27)25-18-21(10-13-26(25)32)19-31(28(35)39-4)15-14-22(20-31)33-42(5,37)38/h6-10,13-15,18,22-23,33H,11-12,16-17,19-20H2,1-5H3/t22-,31+/m0/s1. The summed E-state index contributed by atoms with van der Waals surface area (Å²) in [4.78, 5) is 27.3. The number of amides is 1. The van der Waals surface area contributed by atoms with Gasteiger partial charge in [-0.25, -0.2) is 22.3 Å². The van der Waals surface area contributed by atoms with Gasteiger partial charge in [0.1, 0.15) is 23.8 Å². The predicted octanol–water partition coefficient (Wildman–Crippen LogP) is 4.85. The van der Waals surface area contributed by atoms with Gasteiger partial charge in [-0.1, -0.05) is 36.4 Å². The van der Waals surface area contributed by atoms with Crippen LogP contribution in [0.3, 0.4) is 0 Å². The Labute approximate surface area is 247 Å². The van der Waals surface area contributed by atoms with Crippen molar-refractivity contribution in [3.63, 3.8) is 0 Å². The largest absolute Gasteiger partial charge is 0.491 e. The molecule has 0 aromatic heterocycles. The van der Waals surface area contributed by atoms with Gasteiger partial charge in [-0.2, -0.15) is 0 Å². The SMILES string of the molecule is COC(=O)[C@@]1(Cc2ccc(F)c(-c3ccccc3OCCN(C(=O)OC(C)(C)C)C3CC3)c2)C=C[C@H](NS(C)(=O)=O)C1. The number of methoxy groups -OCH3 is 1. The summed E-state index contributed by atoms with van der Waals surface area (Å²) < 4.78 is 58.0. The van der Waals surface area contributed by atoms with Crippen molar-refractivity contribution in [3.05, 3.63) is 66.0 Å². The number of benzene rings is 2. The molecule has 2 atom stereocenters. The Kier molecular flexibility index (Phi) is 9.32. The highest BCUT2D eigenvalue weighted by atomic mass is 32.2. The second-order valence-electron chi connectivity index (χ2n) is 11.9. The lowest BCUT2D eigenvalue weighted by atomic mass is 9.80. The molecule has 0 spiro atoms. The van der Waals surface area contributed by atoms with Crippen LogP contribution < -0.4 is 9.46 Å². The summed E-state index contributed by atoms with van der Waals surface area (Å²) in [7, 11) is -2.21. The lowest BCUT2D eigenvalue weighted by Gasteiger charge is -2.27. The number of nitrogens with one attached hydrogen (secondary N) is 1. The predicted molar refractivity (Wildman–Crippen MR) is 157 cm³/mol. The number of carbonyl (C=O) groups excluding carboxylic acids is 2. The van der Waals surface area contributed by atoms with Crippen LogP contribution in [0, 0.1) is 11.2 Å². The molecule has 9 nitrogen and oxygen atoms in total. The zero-order chi connectivity index (χ0) is 30.7. The number of sulfonamides is 1. The van der Waals surface area contributed by atoms with E-state index in [9.17, 15) is 18.0 Å². The molecule has 4 rings (SSSR count). The summed E-state index contributed by atoms with van der Waals surface area (Å²) in [6, 6.07) is 11.2. The summed E-state index contributed by atoms with van der Waals surface area (Å²) in [6.45, 7) is 6.00. The van der Waals surface area contributed by atoms with Crippen molar-refractivity contribution < 1.29 is 36.6 Å². The minimum atomic E-state index is -3.49. The Morgan fingerprint density at radius 2 is 1.83 bits per heavy atom. The Bertz CT molecular complexity index is 1450. The van der Waals surface area contributed by atoms with Crippen LogP contribution in [0.15, 0.2) is 54.6 Å². The van der Waals surface area contributed by atoms with E-state index in [0.29, 0.717) is 29.0 Å². The maximum absolute atomic E-state index is 15.2. The van der Waals surface area contributed by atoms with Gasteiger partial charge in [0, 0.05) is 23.2 Å². The van der Waals surface area contributed by atoms with E-state index in [4.69, 9.17) is 14.2 Å². The molecular weight excluding hydrogens is 563 g/mol. The normalized spacial score (nSPS) is 20.3. The summed E-state index contributed by atoms with van der Waals surface area (Å²) in [5.74, 6) is -0.514. The van der Waals surface area contributed by atoms with Crippen LogP contribution in [0.2, 0.25) is 0 Å². The van der Waals surface area contributed by atoms with Gasteiger partial charge in [0.25, 0.3) is 0 Å². The van der Waals surface area contributed by atoms with Gasteiger partial charge >= 0.3 is 12.1 Å². The van der Waals surface area contributed by atoms with Crippen molar-refractivity contribution in [3.8, 4) is 16.9 Å². The molecule has 0 radical (unpaired) electrons. The fourth-order valence-electron chi connectivity index (χ4n) is 5.19. The van der Waals surface area contributed by atoms with Crippen molar-refractivity contribution in [1.29, 1.82) is 0 Å². The topological polar surface area (TPSA) is 111 Å². The van der Waals surface area contributed by atoms with E-state index >= 15 is 4.39 Å². The molecule has 0 aliphatic heterocycles. The maximum Gasteiger partial charge on any atom is 0.410 e. The van der Waals surface area contributed by atoms with E-state index in [2.05, 4.69) is 4.72 Å². The van der Waals surface area contributed by atoms with Gasteiger partial charge in [-0.3, -0.25) is 4.79 Å². The molecule has 228 valence electrons. The van der Waals surface area contributed by atoms with E-state index in [1.165, 1.54) is 13.2 Å². The van der Waals surface area contributed by atoms with Crippen LogP contribution in [0.1, 0.15) is 45.6 Å². The highest BCUT2D eigenvalue weighted by molar-refractivity contribution is 7.88. The lowest BCUT2D eigenvalue weighted by molar-refractivity contribution is -0.149. The van der Waals surface area contributed by atoms with Gasteiger partial charge < -0.3 is 19.1 Å². The average molecular weight is 603 g/mol. The summed E-state index contributed by atoms with van der Waals surface area (Å²) in [6.07, 6.45) is 6.18. The van der Waals surface area contributed by atoms with E-state index in [1.54, 1.807) is 53.5 Å². The highest BCUT2D eigenvalue weighted by Gasteiger charge is 2.43. The fraction of sp³-hybridized carbons (Fsp3) is 0.484. The molecule has 2 aliphatic rings. The van der Waals surface area contributed by atoms with E-state index in [1.807, 2.05) is 20.8 Å². The molecule has 1 N–H and O–H groups in total. The smallest absolute Gasteiger partial charge is 0.410 e. The van der Waals surface area contributed by atoms with Crippen molar-refractivity contribution in [2.24, 2.45) is 5.41 Å². The molecule has 2 aromatic rings. The summed E-state index contributed by atoms with van der Waals surface area (Å²) in [5, 5.41) is 0. The first-order valence-electron chi connectivity index (χ1n) is 13.9. The van der Waals surface area contributed by atoms with Crippen LogP contribution >= 0.6 is 0 Å². The minimum Gasteiger partial charge on any atom is -0.491 e. The van der Waals surface area contributed by atoms with Gasteiger partial charge in [-0.15, -0.1) is 0 Å². The van der Waals surface area contributed by atoms with Crippen LogP contribution in [0.25, 0.3) is 11.1 Å². The first-order valence-corrected chi connectivity index (χ1v) is 15.8. The molecule has 0 bridgehead atoms. The molecule has 11 heteroatoms. The summed E-state index contributed by atoms with van der Waals surface area (Å²) >= 11 is 0. The van der Waals surface area contributed by atoms with Crippen LogP contribution in [0.5, 0.6) is 5.75 Å². The number of para-hydroxylation sites is 1. The third-order valence-electron chi connectivity index (χ3n) is 7.12. The molecule has 1 saturated carbocycles. The third kappa shape index (κ3) is 8.10. The lowest BCUT2D eigenvalue weighted by Crippen LogP contribution is -2.40. The number of halogens is 1. The van der Waals surface area contributed by atoms with E-state index < -0.39 is 38.9 Å². The third-order valence-corrected chi connectivity index (χ3v) is 7.85. The molecule has 0 unspecified atom stereocenters. The second kappa shape index (κ2) is 12.4.